The van der Waals surface area contributed by atoms with Gasteiger partial charge in [0.25, 0.3) is 0 Å². The summed E-state index contributed by atoms with van der Waals surface area (Å²) in [7, 11) is -1.40. The fraction of sp³-hybridized carbons (Fsp3) is 0.111. The molecule has 0 atom stereocenters. The van der Waals surface area contributed by atoms with E-state index in [4.69, 9.17) is 10.0 Å². The first kappa shape index (κ1) is 8.35. The first-order valence-electron chi connectivity index (χ1n) is 4.12. The van der Waals surface area contributed by atoms with E-state index in [0.29, 0.717) is 5.46 Å². The Labute approximate surface area is 76.2 Å². The van der Waals surface area contributed by atoms with E-state index < -0.39 is 7.12 Å². The van der Waals surface area contributed by atoms with E-state index in [1.807, 2.05) is 19.2 Å². The number of aryl methyl sites for hydroxylation is 1. The van der Waals surface area contributed by atoms with Gasteiger partial charge in [-0.05, 0) is 24.0 Å². The summed E-state index contributed by atoms with van der Waals surface area (Å²) in [6, 6.07) is 5.34. The molecule has 0 aliphatic rings. The van der Waals surface area contributed by atoms with Gasteiger partial charge in [-0.2, -0.15) is 0 Å². The van der Waals surface area contributed by atoms with Crippen molar-refractivity contribution in [3.05, 3.63) is 30.0 Å². The molecule has 1 aromatic carbocycles. The largest absolute Gasteiger partial charge is 0.488 e. The van der Waals surface area contributed by atoms with E-state index in [0.717, 1.165) is 16.5 Å². The lowest BCUT2D eigenvalue weighted by atomic mass is 9.80. The summed E-state index contributed by atoms with van der Waals surface area (Å²) >= 11 is 0. The van der Waals surface area contributed by atoms with Gasteiger partial charge in [0, 0.05) is 17.1 Å². The topological polar surface area (TPSA) is 56.2 Å². The number of benzene rings is 1. The van der Waals surface area contributed by atoms with Crippen LogP contribution in [0, 0.1) is 6.92 Å². The van der Waals surface area contributed by atoms with Crippen molar-refractivity contribution in [3.63, 3.8) is 0 Å². The summed E-state index contributed by atoms with van der Waals surface area (Å²) in [5.74, 6) is 0. The predicted molar refractivity (Wildman–Crippen MR) is 52.9 cm³/mol. The smallest absolute Gasteiger partial charge is 0.423 e. The van der Waals surface area contributed by atoms with Crippen LogP contribution in [-0.2, 0) is 0 Å². The van der Waals surface area contributed by atoms with Crippen molar-refractivity contribution >= 4 is 23.5 Å². The maximum absolute atomic E-state index is 8.93. The molecule has 3 N–H and O–H groups in total. The molecular weight excluding hydrogens is 165 g/mol. The molecule has 0 saturated heterocycles. The molecule has 2 aromatic rings. The minimum Gasteiger partial charge on any atom is -0.423 e. The van der Waals surface area contributed by atoms with Gasteiger partial charge in [-0.3, -0.25) is 0 Å². The Bertz CT molecular complexity index is 436. The summed E-state index contributed by atoms with van der Waals surface area (Å²) in [4.78, 5) is 3.06. The minimum atomic E-state index is -1.40. The molecule has 13 heavy (non-hydrogen) atoms. The Morgan fingerprint density at radius 3 is 2.77 bits per heavy atom. The zero-order valence-electron chi connectivity index (χ0n) is 7.28. The molecule has 0 aliphatic carbocycles. The van der Waals surface area contributed by atoms with Crippen molar-refractivity contribution in [1.29, 1.82) is 0 Å². The van der Waals surface area contributed by atoms with Crippen molar-refractivity contribution in [3.8, 4) is 0 Å². The number of H-pyrrole nitrogens is 1. The molecule has 0 saturated carbocycles. The zero-order valence-corrected chi connectivity index (χ0v) is 7.28. The molecule has 0 unspecified atom stereocenters. The highest BCUT2D eigenvalue weighted by Crippen LogP contribution is 2.15. The van der Waals surface area contributed by atoms with Gasteiger partial charge in [0.1, 0.15) is 0 Å². The number of hydrogen-bond donors (Lipinski definition) is 3. The van der Waals surface area contributed by atoms with Crippen LogP contribution in [0.3, 0.4) is 0 Å². The quantitative estimate of drug-likeness (QED) is 0.540. The van der Waals surface area contributed by atoms with Crippen LogP contribution in [0.5, 0.6) is 0 Å². The van der Waals surface area contributed by atoms with Crippen LogP contribution >= 0.6 is 0 Å². The van der Waals surface area contributed by atoms with Gasteiger partial charge in [0.2, 0.25) is 0 Å². The molecule has 0 fully saturated rings. The highest BCUT2D eigenvalue weighted by molar-refractivity contribution is 6.58. The second-order valence-corrected chi connectivity index (χ2v) is 3.15. The van der Waals surface area contributed by atoms with E-state index in [2.05, 4.69) is 4.98 Å². The van der Waals surface area contributed by atoms with E-state index in [9.17, 15) is 0 Å². The molecule has 1 aromatic heterocycles. The highest BCUT2D eigenvalue weighted by atomic mass is 16.4. The third-order valence-corrected chi connectivity index (χ3v) is 2.21. The predicted octanol–water partition coefficient (Wildman–Crippen LogP) is 0.156. The number of rotatable bonds is 1. The average Bonchev–Trinajstić information content (AvgIpc) is 2.47. The van der Waals surface area contributed by atoms with Crippen LogP contribution in [0.25, 0.3) is 10.9 Å². The maximum atomic E-state index is 8.93. The van der Waals surface area contributed by atoms with Crippen molar-refractivity contribution in [2.24, 2.45) is 0 Å². The van der Waals surface area contributed by atoms with Crippen molar-refractivity contribution in [2.45, 2.75) is 6.92 Å². The fourth-order valence-electron chi connectivity index (χ4n) is 1.45. The Kier molecular flexibility index (Phi) is 1.86. The maximum Gasteiger partial charge on any atom is 0.488 e. The van der Waals surface area contributed by atoms with Crippen molar-refractivity contribution < 1.29 is 10.0 Å². The lowest BCUT2D eigenvalue weighted by molar-refractivity contribution is 0.426. The molecule has 3 nitrogen and oxygen atoms in total. The van der Waals surface area contributed by atoms with Gasteiger partial charge in [-0.1, -0.05) is 12.1 Å². The summed E-state index contributed by atoms with van der Waals surface area (Å²) in [5.41, 5.74) is 2.60. The molecule has 2 rings (SSSR count). The van der Waals surface area contributed by atoms with E-state index >= 15 is 0 Å². The number of hydrogen-bond acceptors (Lipinski definition) is 2. The minimum absolute atomic E-state index is 0.509. The molecule has 1 heterocycles. The van der Waals surface area contributed by atoms with Crippen LogP contribution in [-0.4, -0.2) is 22.2 Å². The van der Waals surface area contributed by atoms with Crippen molar-refractivity contribution in [1.82, 2.24) is 4.98 Å². The third-order valence-electron chi connectivity index (χ3n) is 2.21. The summed E-state index contributed by atoms with van der Waals surface area (Å²) in [5, 5.41) is 19.0. The first-order valence-corrected chi connectivity index (χ1v) is 4.12. The number of nitrogens with one attached hydrogen (secondary N) is 1. The third kappa shape index (κ3) is 1.34. The van der Waals surface area contributed by atoms with Crippen LogP contribution < -0.4 is 5.46 Å². The van der Waals surface area contributed by atoms with Gasteiger partial charge in [-0.15, -0.1) is 0 Å². The molecule has 0 spiro atoms. The highest BCUT2D eigenvalue weighted by Gasteiger charge is 2.11. The Morgan fingerprint density at radius 2 is 2.08 bits per heavy atom. The molecule has 4 heteroatoms. The SMILES string of the molecule is Cc1c[nH]c2cc(B(O)O)ccc12. The lowest BCUT2D eigenvalue weighted by Gasteiger charge is -1.98. The summed E-state index contributed by atoms with van der Waals surface area (Å²) in [6.45, 7) is 2.01. The van der Waals surface area contributed by atoms with E-state index in [-0.39, 0.29) is 0 Å². The standard InChI is InChI=1S/C9H10BNO2/c1-6-5-11-9-4-7(10(12)13)2-3-8(6)9/h2-5,11-13H,1H3. The number of fused-ring (bicyclic) bond motifs is 1. The Hall–Kier alpha value is -1.26. The van der Waals surface area contributed by atoms with Gasteiger partial charge in [0.05, 0.1) is 0 Å². The Morgan fingerprint density at radius 1 is 1.31 bits per heavy atom. The van der Waals surface area contributed by atoms with Crippen LogP contribution in [0.1, 0.15) is 5.56 Å². The molecule has 0 bridgehead atoms. The van der Waals surface area contributed by atoms with Gasteiger partial charge >= 0.3 is 7.12 Å². The average molecular weight is 175 g/mol. The van der Waals surface area contributed by atoms with E-state index in [1.165, 1.54) is 0 Å². The van der Waals surface area contributed by atoms with Gasteiger partial charge in [-0.25, -0.2) is 0 Å². The summed E-state index contributed by atoms with van der Waals surface area (Å²) < 4.78 is 0. The van der Waals surface area contributed by atoms with Crippen LogP contribution in [0.2, 0.25) is 0 Å². The molecular formula is C9H10BNO2. The van der Waals surface area contributed by atoms with Crippen LogP contribution in [0.4, 0.5) is 0 Å². The number of aromatic nitrogens is 1. The summed E-state index contributed by atoms with van der Waals surface area (Å²) in [6.07, 6.45) is 1.90. The number of aromatic amines is 1. The monoisotopic (exact) mass is 175 g/mol. The van der Waals surface area contributed by atoms with Crippen molar-refractivity contribution in [2.75, 3.05) is 0 Å². The van der Waals surface area contributed by atoms with E-state index in [1.54, 1.807) is 12.1 Å². The second kappa shape index (κ2) is 2.90. The molecule has 0 amide bonds. The van der Waals surface area contributed by atoms with Gasteiger partial charge < -0.3 is 15.0 Å². The molecule has 66 valence electrons. The Balaban J connectivity index is 2.63. The van der Waals surface area contributed by atoms with Crippen LogP contribution in [0.15, 0.2) is 24.4 Å². The fourth-order valence-corrected chi connectivity index (χ4v) is 1.45. The molecule has 0 radical (unpaired) electrons. The normalized spacial score (nSPS) is 10.7. The first-order chi connectivity index (χ1) is 6.18. The zero-order chi connectivity index (χ0) is 9.42. The second-order valence-electron chi connectivity index (χ2n) is 3.15. The molecule has 0 aliphatic heterocycles. The van der Waals surface area contributed by atoms with Gasteiger partial charge in [0.15, 0.2) is 0 Å². The lowest BCUT2D eigenvalue weighted by Crippen LogP contribution is -2.29.